The summed E-state index contributed by atoms with van der Waals surface area (Å²) < 4.78 is 0.340. The lowest BCUT2D eigenvalue weighted by Gasteiger charge is -2.20. The average Bonchev–Trinajstić information content (AvgIpc) is 2.66. The third kappa shape index (κ3) is 6.37. The fraction of sp³-hybridized carbons (Fsp3) is 0.211. The van der Waals surface area contributed by atoms with Crippen LogP contribution in [0.4, 0.5) is 5.69 Å². The number of hydrogen-bond acceptors (Lipinski definition) is 5. The molecule has 1 atom stereocenters. The van der Waals surface area contributed by atoms with Crippen LogP contribution in [0.25, 0.3) is 0 Å². The highest BCUT2D eigenvalue weighted by molar-refractivity contribution is 9.10. The number of hydrogen-bond donors (Lipinski definition) is 2. The molecular weight excluding hydrogens is 464 g/mol. The topological polar surface area (TPSA) is 114 Å². The van der Waals surface area contributed by atoms with E-state index in [-0.39, 0.29) is 11.6 Å². The maximum atomic E-state index is 12.5. The summed E-state index contributed by atoms with van der Waals surface area (Å²) in [6, 6.07) is 9.99. The van der Waals surface area contributed by atoms with Crippen LogP contribution >= 0.6 is 27.5 Å². The molecule has 1 unspecified atom stereocenters. The first-order valence-corrected chi connectivity index (χ1v) is 9.69. The van der Waals surface area contributed by atoms with Gasteiger partial charge in [0.05, 0.1) is 15.6 Å². The van der Waals surface area contributed by atoms with Crippen molar-refractivity contribution in [3.8, 4) is 0 Å². The molecule has 0 bridgehead atoms. The second kappa shape index (κ2) is 10.1. The van der Waals surface area contributed by atoms with E-state index in [1.54, 1.807) is 38.1 Å². The number of benzene rings is 2. The molecule has 0 saturated carbocycles. The quantitative estimate of drug-likeness (QED) is 0.354. The molecule has 0 radical (unpaired) electrons. The van der Waals surface area contributed by atoms with Gasteiger partial charge in [-0.15, -0.1) is 0 Å². The standard InChI is InChI=1S/C19H18BrClN4O4/c1-11(2)17(23-18(26)13-4-3-5-14(21)9-13)19(27)24-22-10-12-6-7-15(20)16(8-12)25(28)29/h3-11,17H,1-2H3,(H,23,26)(H,24,27). The molecule has 0 aliphatic heterocycles. The number of rotatable bonds is 7. The van der Waals surface area contributed by atoms with Crippen LogP contribution in [0.15, 0.2) is 52.0 Å². The van der Waals surface area contributed by atoms with Gasteiger partial charge in [-0.3, -0.25) is 19.7 Å². The summed E-state index contributed by atoms with van der Waals surface area (Å²) in [5.74, 6) is -1.16. The number of nitro benzene ring substituents is 1. The monoisotopic (exact) mass is 480 g/mol. The van der Waals surface area contributed by atoms with Crippen molar-refractivity contribution >= 4 is 51.2 Å². The van der Waals surface area contributed by atoms with Gasteiger partial charge < -0.3 is 5.32 Å². The second-order valence-corrected chi connectivity index (χ2v) is 7.70. The Kier molecular flexibility index (Phi) is 7.86. The number of halogens is 2. The lowest BCUT2D eigenvalue weighted by Crippen LogP contribution is -2.48. The van der Waals surface area contributed by atoms with Crippen LogP contribution in [-0.2, 0) is 4.79 Å². The number of nitro groups is 1. The Balaban J connectivity index is 2.06. The number of nitrogens with zero attached hydrogens (tertiary/aromatic N) is 2. The zero-order valence-electron chi connectivity index (χ0n) is 15.6. The molecule has 2 aromatic carbocycles. The zero-order chi connectivity index (χ0) is 21.6. The average molecular weight is 482 g/mol. The summed E-state index contributed by atoms with van der Waals surface area (Å²) in [4.78, 5) is 35.3. The Labute approximate surface area is 180 Å². The molecule has 2 amide bonds. The highest BCUT2D eigenvalue weighted by Crippen LogP contribution is 2.24. The van der Waals surface area contributed by atoms with Crippen molar-refractivity contribution in [3.05, 3.63) is 73.2 Å². The van der Waals surface area contributed by atoms with Gasteiger partial charge in [0.1, 0.15) is 6.04 Å². The Morgan fingerprint density at radius 2 is 1.97 bits per heavy atom. The van der Waals surface area contributed by atoms with Crippen molar-refractivity contribution in [1.82, 2.24) is 10.7 Å². The number of nitrogens with one attached hydrogen (secondary N) is 2. The first-order valence-electron chi connectivity index (χ1n) is 8.52. The molecule has 2 N–H and O–H groups in total. The fourth-order valence-electron chi connectivity index (χ4n) is 2.38. The van der Waals surface area contributed by atoms with E-state index >= 15 is 0 Å². The number of amides is 2. The van der Waals surface area contributed by atoms with Gasteiger partial charge in [-0.2, -0.15) is 5.10 Å². The summed E-state index contributed by atoms with van der Waals surface area (Å²) in [5.41, 5.74) is 3.01. The van der Waals surface area contributed by atoms with Crippen molar-refractivity contribution in [2.45, 2.75) is 19.9 Å². The third-order valence-electron chi connectivity index (χ3n) is 3.88. The molecule has 0 aliphatic carbocycles. The minimum Gasteiger partial charge on any atom is -0.340 e. The first-order chi connectivity index (χ1) is 13.7. The molecule has 29 heavy (non-hydrogen) atoms. The van der Waals surface area contributed by atoms with Gasteiger partial charge in [0.2, 0.25) is 0 Å². The Hall–Kier alpha value is -2.78. The van der Waals surface area contributed by atoms with Crippen LogP contribution < -0.4 is 10.7 Å². The molecule has 8 nitrogen and oxygen atoms in total. The highest BCUT2D eigenvalue weighted by Gasteiger charge is 2.24. The van der Waals surface area contributed by atoms with Crippen LogP contribution in [0.2, 0.25) is 5.02 Å². The van der Waals surface area contributed by atoms with Crippen molar-refractivity contribution in [2.75, 3.05) is 0 Å². The maximum absolute atomic E-state index is 12.5. The van der Waals surface area contributed by atoms with Gasteiger partial charge in [-0.05, 0) is 46.1 Å². The van der Waals surface area contributed by atoms with E-state index in [0.29, 0.717) is 20.6 Å². The molecular formula is C19H18BrClN4O4. The van der Waals surface area contributed by atoms with Crippen molar-refractivity contribution in [3.63, 3.8) is 0 Å². The van der Waals surface area contributed by atoms with Gasteiger partial charge in [-0.25, -0.2) is 5.43 Å². The van der Waals surface area contributed by atoms with E-state index in [4.69, 9.17) is 11.6 Å². The third-order valence-corrected chi connectivity index (χ3v) is 4.78. The van der Waals surface area contributed by atoms with Gasteiger partial charge >= 0.3 is 0 Å². The molecule has 2 aromatic rings. The van der Waals surface area contributed by atoms with Crippen LogP contribution in [-0.4, -0.2) is 29.0 Å². The summed E-state index contributed by atoms with van der Waals surface area (Å²) in [5, 5.41) is 17.9. The van der Waals surface area contributed by atoms with Gasteiger partial charge in [0.15, 0.2) is 0 Å². The van der Waals surface area contributed by atoms with E-state index in [1.807, 2.05) is 0 Å². The number of hydrazone groups is 1. The van der Waals surface area contributed by atoms with Crippen molar-refractivity contribution in [1.29, 1.82) is 0 Å². The summed E-state index contributed by atoms with van der Waals surface area (Å²) in [6.07, 6.45) is 1.29. The molecule has 0 fully saturated rings. The first kappa shape index (κ1) is 22.5. The van der Waals surface area contributed by atoms with Crippen LogP contribution in [0.1, 0.15) is 29.8 Å². The van der Waals surface area contributed by atoms with Crippen molar-refractivity contribution < 1.29 is 14.5 Å². The summed E-state index contributed by atoms with van der Waals surface area (Å²) >= 11 is 8.99. The molecule has 0 aliphatic rings. The van der Waals surface area contributed by atoms with E-state index in [2.05, 4.69) is 31.8 Å². The predicted molar refractivity (Wildman–Crippen MR) is 114 cm³/mol. The van der Waals surface area contributed by atoms with Crippen molar-refractivity contribution in [2.24, 2.45) is 11.0 Å². The molecule has 2 rings (SSSR count). The summed E-state index contributed by atoms with van der Waals surface area (Å²) in [6.45, 7) is 3.56. The molecule has 0 heterocycles. The molecule has 152 valence electrons. The largest absolute Gasteiger partial charge is 0.340 e. The molecule has 0 spiro atoms. The number of carbonyl (C=O) groups excluding carboxylic acids is 2. The normalized spacial score (nSPS) is 12.0. The lowest BCUT2D eigenvalue weighted by atomic mass is 10.0. The lowest BCUT2D eigenvalue weighted by molar-refractivity contribution is -0.385. The fourth-order valence-corrected chi connectivity index (χ4v) is 2.96. The molecule has 0 aromatic heterocycles. The Morgan fingerprint density at radius 3 is 2.59 bits per heavy atom. The van der Waals surface area contributed by atoms with E-state index in [1.165, 1.54) is 24.4 Å². The van der Waals surface area contributed by atoms with Gasteiger partial charge in [0, 0.05) is 22.2 Å². The minimum absolute atomic E-state index is 0.117. The summed E-state index contributed by atoms with van der Waals surface area (Å²) in [7, 11) is 0. The van der Waals surface area contributed by atoms with E-state index in [9.17, 15) is 19.7 Å². The minimum atomic E-state index is -0.835. The number of carbonyl (C=O) groups is 2. The highest BCUT2D eigenvalue weighted by atomic mass is 79.9. The van der Waals surface area contributed by atoms with E-state index < -0.39 is 22.8 Å². The molecule has 10 heteroatoms. The van der Waals surface area contributed by atoms with Crippen LogP contribution in [0.5, 0.6) is 0 Å². The van der Waals surface area contributed by atoms with Crippen LogP contribution in [0, 0.1) is 16.0 Å². The predicted octanol–water partition coefficient (Wildman–Crippen LogP) is 3.92. The van der Waals surface area contributed by atoms with Crippen LogP contribution in [0.3, 0.4) is 0 Å². The van der Waals surface area contributed by atoms with Gasteiger partial charge in [-0.1, -0.05) is 37.6 Å². The zero-order valence-corrected chi connectivity index (χ0v) is 17.9. The second-order valence-electron chi connectivity index (χ2n) is 6.41. The SMILES string of the molecule is CC(C)C(NC(=O)c1cccc(Cl)c1)C(=O)NN=Cc1ccc(Br)c([N+](=O)[O-])c1. The smallest absolute Gasteiger partial charge is 0.284 e. The Morgan fingerprint density at radius 1 is 1.24 bits per heavy atom. The molecule has 0 saturated heterocycles. The maximum Gasteiger partial charge on any atom is 0.284 e. The Bertz CT molecular complexity index is 965. The van der Waals surface area contributed by atoms with Gasteiger partial charge in [0.25, 0.3) is 17.5 Å². The van der Waals surface area contributed by atoms with E-state index in [0.717, 1.165) is 0 Å².